The predicted molar refractivity (Wildman–Crippen MR) is 166 cm³/mol. The van der Waals surface area contributed by atoms with Crippen LogP contribution in [0.5, 0.6) is 5.75 Å². The van der Waals surface area contributed by atoms with Gasteiger partial charge in [-0.3, -0.25) is 24.0 Å². The van der Waals surface area contributed by atoms with Crippen LogP contribution in [-0.2, 0) is 23.9 Å². The average Bonchev–Trinajstić information content (AvgIpc) is 3.74. The lowest BCUT2D eigenvalue weighted by atomic mass is 10.1. The third kappa shape index (κ3) is 8.45. The van der Waals surface area contributed by atoms with E-state index >= 15 is 0 Å². The number of piperazine rings is 1. The Balaban J connectivity index is 1.28. The molecule has 5 rings (SSSR count). The molecule has 2 saturated heterocycles. The van der Waals surface area contributed by atoms with Crippen molar-refractivity contribution in [2.24, 2.45) is 0 Å². The molecule has 15 heteroatoms. The summed E-state index contributed by atoms with van der Waals surface area (Å²) in [5.74, 6) is -2.62. The maximum Gasteiger partial charge on any atom is 0.409 e. The first kappa shape index (κ1) is 33.4. The fourth-order valence-electron chi connectivity index (χ4n) is 5.77. The largest absolute Gasteiger partial charge is 0.483 e. The number of amides is 5. The average molecular weight is 653 g/mol. The molecule has 3 heterocycles. The van der Waals surface area contributed by atoms with Gasteiger partial charge in [0.05, 0.1) is 12.1 Å². The van der Waals surface area contributed by atoms with E-state index in [2.05, 4.69) is 15.6 Å². The van der Waals surface area contributed by atoms with Gasteiger partial charge in [-0.25, -0.2) is 9.78 Å². The van der Waals surface area contributed by atoms with Crippen LogP contribution < -0.4 is 15.4 Å². The normalized spacial score (nSPS) is 18.4. The summed E-state index contributed by atoms with van der Waals surface area (Å²) in [5.41, 5.74) is 0.322. The number of fused-ring (bicyclic) bond motifs is 1. The van der Waals surface area contributed by atoms with Crippen molar-refractivity contribution < 1.29 is 43.3 Å². The summed E-state index contributed by atoms with van der Waals surface area (Å²) in [6.45, 7) is 2.87. The summed E-state index contributed by atoms with van der Waals surface area (Å²) >= 11 is 0. The van der Waals surface area contributed by atoms with Gasteiger partial charge in [-0.15, -0.1) is 0 Å². The highest BCUT2D eigenvalue weighted by atomic mass is 16.6. The van der Waals surface area contributed by atoms with Gasteiger partial charge in [-0.2, -0.15) is 0 Å². The number of aliphatic carboxylic acids is 1. The first-order valence-corrected chi connectivity index (χ1v) is 16.0. The number of ether oxygens (including phenoxy) is 2. The minimum atomic E-state index is -1.17. The van der Waals surface area contributed by atoms with Crippen molar-refractivity contribution in [3.05, 3.63) is 36.0 Å². The van der Waals surface area contributed by atoms with Crippen molar-refractivity contribution in [3.8, 4) is 5.75 Å². The highest BCUT2D eigenvalue weighted by Crippen LogP contribution is 2.27. The molecule has 1 aliphatic carbocycles. The van der Waals surface area contributed by atoms with Crippen molar-refractivity contribution in [1.29, 1.82) is 0 Å². The summed E-state index contributed by atoms with van der Waals surface area (Å²) in [4.78, 5) is 85.2. The van der Waals surface area contributed by atoms with E-state index in [0.29, 0.717) is 30.3 Å². The standard InChI is InChI=1S/C32H40N6O9/c1-2-46-32(45)37-16-14-36(15-17-37)31(44)23(11-12-28(40)41)35-29(42)24-18-26(21-6-3-4-7-22(21)34-24)47-19-27(39)38-13-5-8-25(38)30(43)33-20-9-10-20/h3-4,6-7,18,20,23,25H,2,5,8-17,19H2,1H3,(H,33,43)(H,35,42)(H,40,41)/t23-,25-/m0/s1. The number of carboxylic acids is 1. The van der Waals surface area contributed by atoms with E-state index in [-0.39, 0.29) is 81.5 Å². The summed E-state index contributed by atoms with van der Waals surface area (Å²) in [5, 5.41) is 15.5. The molecule has 3 fully saturated rings. The minimum Gasteiger partial charge on any atom is -0.483 e. The van der Waals surface area contributed by atoms with E-state index < -0.39 is 36.0 Å². The minimum absolute atomic E-state index is 0.0886. The zero-order valence-corrected chi connectivity index (χ0v) is 26.3. The lowest BCUT2D eigenvalue weighted by Gasteiger charge is -2.35. The van der Waals surface area contributed by atoms with Crippen LogP contribution in [-0.4, -0.2) is 125 Å². The van der Waals surface area contributed by atoms with Gasteiger partial charge in [-0.05, 0) is 51.2 Å². The van der Waals surface area contributed by atoms with Crippen molar-refractivity contribution in [3.63, 3.8) is 0 Å². The van der Waals surface area contributed by atoms with Gasteiger partial charge in [0.2, 0.25) is 11.8 Å². The number of likely N-dealkylation sites (tertiary alicyclic amines) is 1. The lowest BCUT2D eigenvalue weighted by molar-refractivity contribution is -0.140. The first-order valence-electron chi connectivity index (χ1n) is 16.0. The maximum atomic E-state index is 13.5. The highest BCUT2D eigenvalue weighted by molar-refractivity contribution is 5.99. The molecule has 5 amide bonds. The van der Waals surface area contributed by atoms with Crippen LogP contribution in [0.4, 0.5) is 4.79 Å². The predicted octanol–water partition coefficient (Wildman–Crippen LogP) is 1.15. The zero-order valence-electron chi connectivity index (χ0n) is 26.3. The number of rotatable bonds is 12. The molecule has 2 atom stereocenters. The topological polar surface area (TPSA) is 188 Å². The fourth-order valence-corrected chi connectivity index (χ4v) is 5.77. The Bertz CT molecular complexity index is 1520. The fraction of sp³-hybridized carbons (Fsp3) is 0.531. The Labute approximate surface area is 271 Å². The number of carboxylic acid groups (broad SMARTS) is 1. The van der Waals surface area contributed by atoms with Crippen LogP contribution in [0.25, 0.3) is 10.9 Å². The third-order valence-electron chi connectivity index (χ3n) is 8.43. The molecule has 0 unspecified atom stereocenters. The number of nitrogens with one attached hydrogen (secondary N) is 2. The monoisotopic (exact) mass is 652 g/mol. The van der Waals surface area contributed by atoms with Gasteiger partial charge in [0.15, 0.2) is 6.61 Å². The summed E-state index contributed by atoms with van der Waals surface area (Å²) in [7, 11) is 0. The molecule has 0 spiro atoms. The molecule has 47 heavy (non-hydrogen) atoms. The zero-order chi connectivity index (χ0) is 33.5. The number of benzene rings is 1. The highest BCUT2D eigenvalue weighted by Gasteiger charge is 2.37. The summed E-state index contributed by atoms with van der Waals surface area (Å²) in [6, 6.07) is 6.76. The molecule has 0 radical (unpaired) electrons. The van der Waals surface area contributed by atoms with E-state index in [4.69, 9.17) is 9.47 Å². The molecule has 15 nitrogen and oxygen atoms in total. The third-order valence-corrected chi connectivity index (χ3v) is 8.43. The first-order chi connectivity index (χ1) is 22.6. The summed E-state index contributed by atoms with van der Waals surface area (Å²) in [6.07, 6.45) is 2.19. The Morgan fingerprint density at radius 1 is 1.00 bits per heavy atom. The van der Waals surface area contributed by atoms with Crippen molar-refractivity contribution in [2.45, 2.75) is 63.6 Å². The number of carbonyl (C=O) groups is 6. The Hall–Kier alpha value is -4.95. The SMILES string of the molecule is CCOC(=O)N1CCN(C(=O)[C@H](CCC(=O)O)NC(=O)c2cc(OCC(=O)N3CCC[C@H]3C(=O)NC3CC3)c3ccccc3n2)CC1. The van der Waals surface area contributed by atoms with Gasteiger partial charge < -0.3 is 39.9 Å². The van der Waals surface area contributed by atoms with Gasteiger partial charge in [0.25, 0.3) is 11.8 Å². The Morgan fingerprint density at radius 3 is 2.43 bits per heavy atom. The second-order valence-electron chi connectivity index (χ2n) is 11.8. The molecule has 252 valence electrons. The molecule has 1 aromatic carbocycles. The van der Waals surface area contributed by atoms with Crippen LogP contribution in [0.3, 0.4) is 0 Å². The number of carbonyl (C=O) groups excluding carboxylic acids is 5. The molecule has 0 bridgehead atoms. The Kier molecular flexibility index (Phi) is 10.7. The number of aromatic nitrogens is 1. The van der Waals surface area contributed by atoms with Crippen molar-refractivity contribution in [1.82, 2.24) is 30.3 Å². The summed E-state index contributed by atoms with van der Waals surface area (Å²) < 4.78 is 11.0. The van der Waals surface area contributed by atoms with E-state index in [1.54, 1.807) is 31.2 Å². The molecular formula is C32H40N6O9. The quantitative estimate of drug-likeness (QED) is 0.300. The molecule has 2 aliphatic heterocycles. The number of para-hydroxylation sites is 1. The number of hydrogen-bond donors (Lipinski definition) is 3. The van der Waals surface area contributed by atoms with Gasteiger partial charge in [0.1, 0.15) is 23.5 Å². The Morgan fingerprint density at radius 2 is 1.72 bits per heavy atom. The second-order valence-corrected chi connectivity index (χ2v) is 11.8. The maximum absolute atomic E-state index is 13.5. The molecule has 3 N–H and O–H groups in total. The smallest absolute Gasteiger partial charge is 0.409 e. The van der Waals surface area contributed by atoms with E-state index in [1.807, 2.05) is 0 Å². The van der Waals surface area contributed by atoms with Crippen LogP contribution in [0.15, 0.2) is 30.3 Å². The second kappa shape index (κ2) is 15.1. The van der Waals surface area contributed by atoms with Crippen LogP contribution >= 0.6 is 0 Å². The van der Waals surface area contributed by atoms with Gasteiger partial charge in [0, 0.05) is 56.6 Å². The van der Waals surface area contributed by atoms with Crippen molar-refractivity contribution in [2.75, 3.05) is 45.9 Å². The van der Waals surface area contributed by atoms with Crippen LogP contribution in [0.2, 0.25) is 0 Å². The molecule has 3 aliphatic rings. The number of nitrogens with zero attached hydrogens (tertiary/aromatic N) is 4. The van der Waals surface area contributed by atoms with E-state index in [1.165, 1.54) is 20.8 Å². The van der Waals surface area contributed by atoms with Crippen LogP contribution in [0.1, 0.15) is 55.9 Å². The van der Waals surface area contributed by atoms with Crippen LogP contribution in [0, 0.1) is 0 Å². The molecule has 2 aromatic rings. The molecule has 1 aromatic heterocycles. The van der Waals surface area contributed by atoms with Gasteiger partial charge >= 0.3 is 12.1 Å². The lowest BCUT2D eigenvalue weighted by Crippen LogP contribution is -2.56. The van der Waals surface area contributed by atoms with Gasteiger partial charge in [-0.1, -0.05) is 12.1 Å². The molecular weight excluding hydrogens is 612 g/mol. The van der Waals surface area contributed by atoms with E-state index in [9.17, 15) is 33.9 Å². The van der Waals surface area contributed by atoms with E-state index in [0.717, 1.165) is 12.8 Å². The number of pyridine rings is 1. The molecule has 1 saturated carbocycles. The van der Waals surface area contributed by atoms with Crippen molar-refractivity contribution >= 4 is 46.6 Å². The number of hydrogen-bond acceptors (Lipinski definition) is 9.